The molecule has 3 N–H and O–H groups in total. The third-order valence-electron chi connectivity index (χ3n) is 5.18. The summed E-state index contributed by atoms with van der Waals surface area (Å²) in [5.74, 6) is -0.00646. The topological polar surface area (TPSA) is 87.3 Å². The molecule has 1 aromatic heterocycles. The molecule has 2 aliphatic carbocycles. The van der Waals surface area contributed by atoms with Gasteiger partial charge in [0.1, 0.15) is 0 Å². The maximum Gasteiger partial charge on any atom is 0.279 e. The van der Waals surface area contributed by atoms with E-state index in [1.165, 1.54) is 21.8 Å². The first-order valence-corrected chi connectivity index (χ1v) is 10.4. The van der Waals surface area contributed by atoms with E-state index < -0.39 is 5.91 Å². The molecule has 0 saturated heterocycles. The van der Waals surface area contributed by atoms with E-state index >= 15 is 0 Å². The Kier molecular flexibility index (Phi) is 5.17. The number of hydrogen-bond donors (Lipinski definition) is 3. The van der Waals surface area contributed by atoms with Crippen LogP contribution in [0.15, 0.2) is 30.3 Å². The summed E-state index contributed by atoms with van der Waals surface area (Å²) in [5, 5.41) is 2.82. The quantitative estimate of drug-likeness (QED) is 0.692. The summed E-state index contributed by atoms with van der Waals surface area (Å²) in [6.45, 7) is 2.22. The van der Waals surface area contributed by atoms with E-state index in [1.54, 1.807) is 24.3 Å². The zero-order chi connectivity index (χ0) is 19.7. The molecular formula is C21H23N3O3S. The van der Waals surface area contributed by atoms with Gasteiger partial charge in [-0.1, -0.05) is 13.0 Å². The van der Waals surface area contributed by atoms with Gasteiger partial charge in [0.15, 0.2) is 0 Å². The summed E-state index contributed by atoms with van der Waals surface area (Å²) in [5.41, 5.74) is 7.15. The lowest BCUT2D eigenvalue weighted by Crippen LogP contribution is -2.41. The molecule has 0 spiro atoms. The number of aryl methyl sites for hydroxylation is 1. The van der Waals surface area contributed by atoms with Gasteiger partial charge in [-0.2, -0.15) is 0 Å². The third-order valence-corrected chi connectivity index (χ3v) is 6.42. The average Bonchev–Trinajstić information content (AvgIpc) is 3.45. The van der Waals surface area contributed by atoms with Crippen LogP contribution in [0.1, 0.15) is 56.7 Å². The second-order valence-electron chi connectivity index (χ2n) is 7.66. The molecule has 1 aromatic carbocycles. The molecule has 1 fully saturated rings. The highest BCUT2D eigenvalue weighted by atomic mass is 32.1. The summed E-state index contributed by atoms with van der Waals surface area (Å²) in [6.07, 6.45) is 5.01. The van der Waals surface area contributed by atoms with Gasteiger partial charge in [0, 0.05) is 22.0 Å². The second-order valence-corrected chi connectivity index (χ2v) is 8.80. The van der Waals surface area contributed by atoms with Crippen molar-refractivity contribution in [2.24, 2.45) is 11.8 Å². The Morgan fingerprint density at radius 1 is 1.04 bits per heavy atom. The standard InChI is InChI=1S/C21H23N3O3S/c1-12-5-8-17-15(9-12)11-18(28-17)21(27)24-23-20(26)14-3-2-4-16(10-14)22-19(25)13-6-7-13/h2-4,10-13H,5-9H2,1H3,(H,22,25)(H,23,26)(H,24,27). The van der Waals surface area contributed by atoms with Crippen LogP contribution in [0.5, 0.6) is 0 Å². The van der Waals surface area contributed by atoms with Gasteiger partial charge in [0.25, 0.3) is 11.8 Å². The molecule has 0 aliphatic heterocycles. The van der Waals surface area contributed by atoms with Gasteiger partial charge in [-0.3, -0.25) is 25.2 Å². The van der Waals surface area contributed by atoms with E-state index in [4.69, 9.17) is 0 Å². The molecule has 0 bridgehead atoms. The molecule has 28 heavy (non-hydrogen) atoms. The van der Waals surface area contributed by atoms with Crippen molar-refractivity contribution in [3.05, 3.63) is 51.2 Å². The maximum absolute atomic E-state index is 12.4. The van der Waals surface area contributed by atoms with Crippen molar-refractivity contribution in [1.29, 1.82) is 0 Å². The molecule has 2 aliphatic rings. The normalized spacial score (nSPS) is 18.1. The molecule has 6 nitrogen and oxygen atoms in total. The molecule has 0 radical (unpaired) electrons. The SMILES string of the molecule is CC1CCc2sc(C(=O)NNC(=O)c3cccc(NC(=O)C4CC4)c3)cc2C1. The van der Waals surface area contributed by atoms with E-state index in [0.717, 1.165) is 32.1 Å². The molecule has 1 saturated carbocycles. The summed E-state index contributed by atoms with van der Waals surface area (Å²) in [4.78, 5) is 38.5. The average molecular weight is 398 g/mol. The summed E-state index contributed by atoms with van der Waals surface area (Å²) in [7, 11) is 0. The van der Waals surface area contributed by atoms with Crippen molar-refractivity contribution < 1.29 is 14.4 Å². The molecule has 1 atom stereocenters. The van der Waals surface area contributed by atoms with E-state index in [1.807, 2.05) is 6.07 Å². The van der Waals surface area contributed by atoms with Crippen LogP contribution >= 0.6 is 11.3 Å². The molecule has 1 unspecified atom stereocenters. The van der Waals surface area contributed by atoms with E-state index in [0.29, 0.717) is 22.0 Å². The Morgan fingerprint density at radius 2 is 1.82 bits per heavy atom. The molecule has 4 rings (SSSR count). The number of fused-ring (bicyclic) bond motifs is 1. The Morgan fingerprint density at radius 3 is 2.61 bits per heavy atom. The smallest absolute Gasteiger partial charge is 0.279 e. The van der Waals surface area contributed by atoms with Crippen molar-refractivity contribution >= 4 is 34.7 Å². The van der Waals surface area contributed by atoms with Gasteiger partial charge >= 0.3 is 0 Å². The number of carbonyl (C=O) groups excluding carboxylic acids is 3. The summed E-state index contributed by atoms with van der Waals surface area (Å²) in [6, 6.07) is 8.62. The van der Waals surface area contributed by atoms with Gasteiger partial charge < -0.3 is 5.32 Å². The lowest BCUT2D eigenvalue weighted by atomic mass is 9.90. The molecule has 1 heterocycles. The van der Waals surface area contributed by atoms with E-state index in [-0.39, 0.29) is 17.7 Å². The number of nitrogens with one attached hydrogen (secondary N) is 3. The van der Waals surface area contributed by atoms with Crippen LogP contribution in [0.25, 0.3) is 0 Å². The largest absolute Gasteiger partial charge is 0.326 e. The molecule has 2 aromatic rings. The Hall–Kier alpha value is -2.67. The lowest BCUT2D eigenvalue weighted by Gasteiger charge is -2.16. The van der Waals surface area contributed by atoms with Crippen molar-refractivity contribution in [1.82, 2.24) is 10.9 Å². The van der Waals surface area contributed by atoms with Crippen LogP contribution in [-0.4, -0.2) is 17.7 Å². The highest BCUT2D eigenvalue weighted by molar-refractivity contribution is 7.14. The fourth-order valence-electron chi connectivity index (χ4n) is 3.39. The maximum atomic E-state index is 12.4. The van der Waals surface area contributed by atoms with Gasteiger partial charge in [0.05, 0.1) is 4.88 Å². The number of thiophene rings is 1. The summed E-state index contributed by atoms with van der Waals surface area (Å²) >= 11 is 1.50. The minimum atomic E-state index is -0.425. The van der Waals surface area contributed by atoms with Crippen molar-refractivity contribution in [3.8, 4) is 0 Å². The minimum absolute atomic E-state index is 0.0122. The third kappa shape index (κ3) is 4.25. The van der Waals surface area contributed by atoms with Crippen LogP contribution in [0, 0.1) is 11.8 Å². The molecular weight excluding hydrogens is 374 g/mol. The first kappa shape index (κ1) is 18.7. The Bertz CT molecular complexity index is 933. The lowest BCUT2D eigenvalue weighted by molar-refractivity contribution is -0.117. The number of hydrazine groups is 1. The van der Waals surface area contributed by atoms with Crippen LogP contribution < -0.4 is 16.2 Å². The molecule has 7 heteroatoms. The highest BCUT2D eigenvalue weighted by Gasteiger charge is 2.29. The fourth-order valence-corrected chi connectivity index (χ4v) is 4.50. The second kappa shape index (κ2) is 7.75. The number of amides is 3. The predicted octanol–water partition coefficient (Wildman–Crippen LogP) is 3.30. The molecule has 146 valence electrons. The number of hydrogen-bond acceptors (Lipinski definition) is 4. The van der Waals surface area contributed by atoms with Crippen molar-refractivity contribution in [2.45, 2.75) is 39.0 Å². The van der Waals surface area contributed by atoms with Gasteiger partial charge in [-0.15, -0.1) is 11.3 Å². The fraction of sp³-hybridized carbons (Fsp3) is 0.381. The van der Waals surface area contributed by atoms with Crippen LogP contribution in [-0.2, 0) is 17.6 Å². The van der Waals surface area contributed by atoms with Gasteiger partial charge in [0.2, 0.25) is 5.91 Å². The zero-order valence-corrected chi connectivity index (χ0v) is 16.5. The van der Waals surface area contributed by atoms with Gasteiger partial charge in [-0.25, -0.2) is 0 Å². The van der Waals surface area contributed by atoms with Crippen LogP contribution in [0.3, 0.4) is 0 Å². The summed E-state index contributed by atoms with van der Waals surface area (Å²) < 4.78 is 0. The number of anilines is 1. The Balaban J connectivity index is 1.35. The molecule has 3 amide bonds. The first-order chi connectivity index (χ1) is 13.5. The first-order valence-electron chi connectivity index (χ1n) is 9.63. The zero-order valence-electron chi connectivity index (χ0n) is 15.7. The Labute approximate surface area is 167 Å². The van der Waals surface area contributed by atoms with Crippen molar-refractivity contribution in [2.75, 3.05) is 5.32 Å². The van der Waals surface area contributed by atoms with E-state index in [2.05, 4.69) is 23.1 Å². The number of carbonyl (C=O) groups is 3. The van der Waals surface area contributed by atoms with Crippen molar-refractivity contribution in [3.63, 3.8) is 0 Å². The predicted molar refractivity (Wildman–Crippen MR) is 108 cm³/mol. The monoisotopic (exact) mass is 397 g/mol. The number of benzene rings is 1. The minimum Gasteiger partial charge on any atom is -0.326 e. The van der Waals surface area contributed by atoms with Crippen LogP contribution in [0.4, 0.5) is 5.69 Å². The van der Waals surface area contributed by atoms with Gasteiger partial charge in [-0.05, 0) is 67.9 Å². The van der Waals surface area contributed by atoms with E-state index in [9.17, 15) is 14.4 Å². The number of rotatable bonds is 4. The van der Waals surface area contributed by atoms with Crippen LogP contribution in [0.2, 0.25) is 0 Å². The highest BCUT2D eigenvalue weighted by Crippen LogP contribution is 2.32.